The molecule has 1 aromatic heterocycles. The number of nitrogens with zero attached hydrogens (tertiary/aromatic N) is 2. The standard InChI is InChI=1S/C12H20N4O3/c1-18-10-11(14-9-15-12(10)17)13-3-2-4-16-5-7-19-8-6-16/h9H,2-8H2,1H3,(H2,13,14,15,17). The molecule has 1 aliphatic heterocycles. The number of nitrogens with one attached hydrogen (secondary N) is 2. The highest BCUT2D eigenvalue weighted by molar-refractivity contribution is 5.47. The topological polar surface area (TPSA) is 79.5 Å². The van der Waals surface area contributed by atoms with Crippen molar-refractivity contribution in [2.24, 2.45) is 0 Å². The molecule has 1 fully saturated rings. The van der Waals surface area contributed by atoms with Crippen molar-refractivity contribution in [3.05, 3.63) is 16.7 Å². The number of anilines is 1. The number of hydrogen-bond acceptors (Lipinski definition) is 6. The average Bonchev–Trinajstić information content (AvgIpc) is 2.45. The van der Waals surface area contributed by atoms with Gasteiger partial charge < -0.3 is 19.8 Å². The lowest BCUT2D eigenvalue weighted by molar-refractivity contribution is 0.0378. The third-order valence-corrected chi connectivity index (χ3v) is 3.06. The summed E-state index contributed by atoms with van der Waals surface area (Å²) in [5.74, 6) is 0.724. The van der Waals surface area contributed by atoms with Gasteiger partial charge in [-0.3, -0.25) is 9.69 Å². The van der Waals surface area contributed by atoms with Gasteiger partial charge in [-0.1, -0.05) is 0 Å². The van der Waals surface area contributed by atoms with Gasteiger partial charge in [-0.15, -0.1) is 0 Å². The molecule has 2 rings (SSSR count). The van der Waals surface area contributed by atoms with E-state index in [-0.39, 0.29) is 11.3 Å². The van der Waals surface area contributed by atoms with Crippen LogP contribution in [0.2, 0.25) is 0 Å². The minimum absolute atomic E-state index is 0.230. The highest BCUT2D eigenvalue weighted by Crippen LogP contribution is 2.13. The predicted molar refractivity (Wildman–Crippen MR) is 71.8 cm³/mol. The van der Waals surface area contributed by atoms with Crippen molar-refractivity contribution < 1.29 is 9.47 Å². The van der Waals surface area contributed by atoms with Crippen LogP contribution in [0.4, 0.5) is 5.82 Å². The van der Waals surface area contributed by atoms with Gasteiger partial charge in [0.25, 0.3) is 5.56 Å². The Hall–Kier alpha value is -1.60. The van der Waals surface area contributed by atoms with Crippen molar-refractivity contribution in [1.29, 1.82) is 0 Å². The maximum absolute atomic E-state index is 11.5. The van der Waals surface area contributed by atoms with Crippen LogP contribution in [0, 0.1) is 0 Å². The second-order valence-electron chi connectivity index (χ2n) is 4.35. The number of morpholine rings is 1. The maximum Gasteiger partial charge on any atom is 0.295 e. The van der Waals surface area contributed by atoms with Crippen molar-refractivity contribution in [2.45, 2.75) is 6.42 Å². The van der Waals surface area contributed by atoms with Crippen molar-refractivity contribution in [2.75, 3.05) is 51.8 Å². The second kappa shape index (κ2) is 7.10. The van der Waals surface area contributed by atoms with Crippen LogP contribution >= 0.6 is 0 Å². The lowest BCUT2D eigenvalue weighted by Crippen LogP contribution is -2.37. The first kappa shape index (κ1) is 13.8. The molecule has 0 amide bonds. The molecular formula is C12H20N4O3. The Labute approximate surface area is 111 Å². The molecule has 7 nitrogen and oxygen atoms in total. The minimum Gasteiger partial charge on any atom is -0.489 e. The summed E-state index contributed by atoms with van der Waals surface area (Å²) in [5.41, 5.74) is -0.270. The quantitative estimate of drug-likeness (QED) is 0.702. The van der Waals surface area contributed by atoms with Gasteiger partial charge in [0, 0.05) is 19.6 Å². The number of rotatable bonds is 6. The first-order valence-electron chi connectivity index (χ1n) is 6.47. The number of aromatic amines is 1. The third-order valence-electron chi connectivity index (χ3n) is 3.06. The summed E-state index contributed by atoms with van der Waals surface area (Å²) in [5, 5.41) is 3.13. The van der Waals surface area contributed by atoms with Gasteiger partial charge in [-0.05, 0) is 13.0 Å². The Bertz CT molecular complexity index is 443. The Morgan fingerprint density at radius 1 is 1.53 bits per heavy atom. The first-order valence-corrected chi connectivity index (χ1v) is 6.47. The van der Waals surface area contributed by atoms with Gasteiger partial charge >= 0.3 is 0 Å². The molecule has 0 atom stereocenters. The molecule has 0 saturated carbocycles. The van der Waals surface area contributed by atoms with E-state index in [9.17, 15) is 4.79 Å². The van der Waals surface area contributed by atoms with Gasteiger partial charge in [0.05, 0.1) is 26.7 Å². The molecule has 1 aromatic rings. The fourth-order valence-corrected chi connectivity index (χ4v) is 2.04. The van der Waals surface area contributed by atoms with Gasteiger partial charge in [0.15, 0.2) is 5.82 Å². The largest absolute Gasteiger partial charge is 0.489 e. The minimum atomic E-state index is -0.270. The van der Waals surface area contributed by atoms with Crippen molar-refractivity contribution in [3.63, 3.8) is 0 Å². The van der Waals surface area contributed by atoms with E-state index in [1.54, 1.807) is 0 Å². The number of hydrogen-bond donors (Lipinski definition) is 2. The second-order valence-corrected chi connectivity index (χ2v) is 4.35. The van der Waals surface area contributed by atoms with E-state index in [0.29, 0.717) is 5.82 Å². The Morgan fingerprint density at radius 2 is 2.32 bits per heavy atom. The molecule has 1 aliphatic rings. The summed E-state index contributed by atoms with van der Waals surface area (Å²) in [6.45, 7) is 5.39. The van der Waals surface area contributed by atoms with Crippen LogP contribution in [0.5, 0.6) is 5.75 Å². The summed E-state index contributed by atoms with van der Waals surface area (Å²) >= 11 is 0. The summed E-state index contributed by atoms with van der Waals surface area (Å²) in [6.07, 6.45) is 2.35. The van der Waals surface area contributed by atoms with Crippen molar-refractivity contribution in [3.8, 4) is 5.75 Å². The molecule has 7 heteroatoms. The van der Waals surface area contributed by atoms with E-state index in [2.05, 4.69) is 20.2 Å². The van der Waals surface area contributed by atoms with E-state index in [0.717, 1.165) is 45.8 Å². The van der Waals surface area contributed by atoms with E-state index in [1.807, 2.05) is 0 Å². The zero-order chi connectivity index (χ0) is 13.5. The molecule has 0 spiro atoms. The van der Waals surface area contributed by atoms with Crippen molar-refractivity contribution >= 4 is 5.82 Å². The van der Waals surface area contributed by atoms with Crippen LogP contribution in [0.25, 0.3) is 0 Å². The molecule has 0 unspecified atom stereocenters. The molecular weight excluding hydrogens is 248 g/mol. The summed E-state index contributed by atoms with van der Waals surface area (Å²) < 4.78 is 10.3. The highest BCUT2D eigenvalue weighted by atomic mass is 16.5. The van der Waals surface area contributed by atoms with Gasteiger partial charge in [-0.25, -0.2) is 4.98 Å². The van der Waals surface area contributed by atoms with Crippen LogP contribution < -0.4 is 15.6 Å². The normalized spacial score (nSPS) is 16.3. The Morgan fingerprint density at radius 3 is 3.05 bits per heavy atom. The first-order chi connectivity index (χ1) is 9.31. The van der Waals surface area contributed by atoms with Gasteiger partial charge in [0.2, 0.25) is 5.75 Å². The summed E-state index contributed by atoms with van der Waals surface area (Å²) in [4.78, 5) is 20.4. The molecule has 0 aliphatic carbocycles. The molecule has 0 radical (unpaired) electrons. The number of H-pyrrole nitrogens is 1. The van der Waals surface area contributed by atoms with E-state index < -0.39 is 0 Å². The fourth-order valence-electron chi connectivity index (χ4n) is 2.04. The number of methoxy groups -OCH3 is 1. The highest BCUT2D eigenvalue weighted by Gasteiger charge is 2.10. The lowest BCUT2D eigenvalue weighted by Gasteiger charge is -2.26. The average molecular weight is 268 g/mol. The molecule has 0 bridgehead atoms. The third kappa shape index (κ3) is 3.93. The maximum atomic E-state index is 11.5. The number of ether oxygens (including phenoxy) is 2. The smallest absolute Gasteiger partial charge is 0.295 e. The zero-order valence-electron chi connectivity index (χ0n) is 11.1. The van der Waals surface area contributed by atoms with Crippen LogP contribution in [-0.4, -0.2) is 61.4 Å². The molecule has 0 aromatic carbocycles. The molecule has 2 N–H and O–H groups in total. The van der Waals surface area contributed by atoms with Crippen LogP contribution in [0.1, 0.15) is 6.42 Å². The van der Waals surface area contributed by atoms with Gasteiger partial charge in [0.1, 0.15) is 0 Å². The molecule has 1 saturated heterocycles. The molecule has 2 heterocycles. The summed E-state index contributed by atoms with van der Waals surface area (Å²) in [6, 6.07) is 0. The summed E-state index contributed by atoms with van der Waals surface area (Å²) in [7, 11) is 1.46. The van der Waals surface area contributed by atoms with Crippen LogP contribution in [-0.2, 0) is 4.74 Å². The van der Waals surface area contributed by atoms with Crippen LogP contribution in [0.15, 0.2) is 11.1 Å². The lowest BCUT2D eigenvalue weighted by atomic mass is 10.3. The van der Waals surface area contributed by atoms with Crippen LogP contribution in [0.3, 0.4) is 0 Å². The zero-order valence-corrected chi connectivity index (χ0v) is 11.1. The Kier molecular flexibility index (Phi) is 5.17. The molecule has 106 valence electrons. The monoisotopic (exact) mass is 268 g/mol. The van der Waals surface area contributed by atoms with Gasteiger partial charge in [-0.2, -0.15) is 0 Å². The number of aromatic nitrogens is 2. The van der Waals surface area contributed by atoms with E-state index >= 15 is 0 Å². The predicted octanol–water partition coefficient (Wildman–Crippen LogP) is -0.0873. The van der Waals surface area contributed by atoms with E-state index in [1.165, 1.54) is 13.4 Å². The van der Waals surface area contributed by atoms with E-state index in [4.69, 9.17) is 9.47 Å². The molecule has 19 heavy (non-hydrogen) atoms. The fraction of sp³-hybridized carbons (Fsp3) is 0.667. The van der Waals surface area contributed by atoms with Crippen molar-refractivity contribution in [1.82, 2.24) is 14.9 Å². The SMILES string of the molecule is COc1c(NCCCN2CCOCC2)nc[nH]c1=O. The Balaban J connectivity index is 1.76.